The molecule has 0 aliphatic heterocycles. The summed E-state index contributed by atoms with van der Waals surface area (Å²) < 4.78 is 0. The quantitative estimate of drug-likeness (QED) is 0.653. The summed E-state index contributed by atoms with van der Waals surface area (Å²) in [7, 11) is 0. The van der Waals surface area contributed by atoms with Crippen molar-refractivity contribution in [3.8, 4) is 11.5 Å². The third kappa shape index (κ3) is 2.86. The Labute approximate surface area is 162 Å². The van der Waals surface area contributed by atoms with Crippen LogP contribution in [0.15, 0.2) is 66.7 Å². The second-order valence-corrected chi connectivity index (χ2v) is 6.94. The molecule has 140 valence electrons. The number of ketones is 2. The van der Waals surface area contributed by atoms with Gasteiger partial charge < -0.3 is 15.9 Å². The molecule has 1 aliphatic rings. The summed E-state index contributed by atoms with van der Waals surface area (Å²) >= 11 is 0. The standard InChI is InChI=1S/C23H19NO4/c24-16(12-13-6-2-1-3-7-13)22(27)19-14-8-4-10-17(25)20(14)23(28)21-15(19)9-5-11-18(21)26/h1-11,16,19,25-26H,12,24H2. The lowest BCUT2D eigenvalue weighted by Crippen LogP contribution is -2.39. The largest absolute Gasteiger partial charge is 0.507 e. The molecule has 4 N–H and O–H groups in total. The van der Waals surface area contributed by atoms with Crippen molar-refractivity contribution in [1.82, 2.24) is 0 Å². The van der Waals surface area contributed by atoms with Gasteiger partial charge >= 0.3 is 0 Å². The van der Waals surface area contributed by atoms with E-state index in [0.717, 1.165) is 5.56 Å². The van der Waals surface area contributed by atoms with Crippen LogP contribution in [-0.4, -0.2) is 27.8 Å². The molecule has 0 radical (unpaired) electrons. The lowest BCUT2D eigenvalue weighted by atomic mass is 9.73. The summed E-state index contributed by atoms with van der Waals surface area (Å²) in [5.41, 5.74) is 8.09. The van der Waals surface area contributed by atoms with E-state index in [4.69, 9.17) is 5.73 Å². The van der Waals surface area contributed by atoms with Crippen molar-refractivity contribution in [2.45, 2.75) is 18.4 Å². The second-order valence-electron chi connectivity index (χ2n) is 6.94. The number of aromatic hydroxyl groups is 2. The molecule has 0 aromatic heterocycles. The number of benzene rings is 3. The average molecular weight is 373 g/mol. The number of carbonyl (C=O) groups excluding carboxylic acids is 2. The van der Waals surface area contributed by atoms with Crippen LogP contribution in [0.5, 0.6) is 11.5 Å². The van der Waals surface area contributed by atoms with Crippen LogP contribution >= 0.6 is 0 Å². The predicted molar refractivity (Wildman–Crippen MR) is 105 cm³/mol. The summed E-state index contributed by atoms with van der Waals surface area (Å²) in [6, 6.07) is 17.9. The van der Waals surface area contributed by atoms with Gasteiger partial charge in [-0.25, -0.2) is 0 Å². The van der Waals surface area contributed by atoms with Gasteiger partial charge in [0.15, 0.2) is 5.78 Å². The Bertz CT molecular complexity index is 1020. The Morgan fingerprint density at radius 1 is 0.857 bits per heavy atom. The molecule has 5 nitrogen and oxygen atoms in total. The first kappa shape index (κ1) is 17.9. The first-order valence-corrected chi connectivity index (χ1v) is 9.00. The molecule has 0 fully saturated rings. The Morgan fingerprint density at radius 3 is 1.93 bits per heavy atom. The van der Waals surface area contributed by atoms with Gasteiger partial charge in [-0.05, 0) is 35.2 Å². The summed E-state index contributed by atoms with van der Waals surface area (Å²) in [5.74, 6) is -2.03. The topological polar surface area (TPSA) is 101 Å². The number of nitrogens with two attached hydrogens (primary N) is 1. The molecule has 28 heavy (non-hydrogen) atoms. The lowest BCUT2D eigenvalue weighted by Gasteiger charge is -2.29. The number of fused-ring (bicyclic) bond motifs is 2. The highest BCUT2D eigenvalue weighted by Gasteiger charge is 2.39. The molecular formula is C23H19NO4. The van der Waals surface area contributed by atoms with Gasteiger partial charge in [-0.15, -0.1) is 0 Å². The van der Waals surface area contributed by atoms with Gasteiger partial charge in [0.25, 0.3) is 0 Å². The van der Waals surface area contributed by atoms with Crippen LogP contribution in [0.4, 0.5) is 0 Å². The van der Waals surface area contributed by atoms with E-state index in [1.807, 2.05) is 30.3 Å². The van der Waals surface area contributed by atoms with Crippen LogP contribution < -0.4 is 5.73 Å². The van der Waals surface area contributed by atoms with Crippen LogP contribution in [0.25, 0.3) is 0 Å². The first-order chi connectivity index (χ1) is 13.5. The lowest BCUT2D eigenvalue weighted by molar-refractivity contribution is -0.120. The molecule has 0 bridgehead atoms. The molecule has 0 spiro atoms. The Balaban J connectivity index is 1.82. The third-order valence-corrected chi connectivity index (χ3v) is 5.17. The van der Waals surface area contributed by atoms with Crippen molar-refractivity contribution in [2.24, 2.45) is 5.73 Å². The van der Waals surface area contributed by atoms with Gasteiger partial charge in [0, 0.05) is 0 Å². The average Bonchev–Trinajstić information content (AvgIpc) is 2.68. The van der Waals surface area contributed by atoms with Gasteiger partial charge in [0.05, 0.1) is 23.1 Å². The van der Waals surface area contributed by atoms with E-state index in [9.17, 15) is 19.8 Å². The van der Waals surface area contributed by atoms with Crippen molar-refractivity contribution in [3.05, 3.63) is 94.5 Å². The van der Waals surface area contributed by atoms with E-state index in [1.54, 1.807) is 24.3 Å². The number of phenols is 2. The van der Waals surface area contributed by atoms with Gasteiger partial charge in [0.1, 0.15) is 11.5 Å². The van der Waals surface area contributed by atoms with E-state index >= 15 is 0 Å². The zero-order valence-electron chi connectivity index (χ0n) is 15.0. The number of phenolic OH excluding ortho intramolecular Hbond substituents is 2. The van der Waals surface area contributed by atoms with E-state index in [2.05, 4.69) is 0 Å². The molecule has 3 aromatic rings. The zero-order valence-corrected chi connectivity index (χ0v) is 15.0. The van der Waals surface area contributed by atoms with Gasteiger partial charge in [-0.3, -0.25) is 9.59 Å². The minimum atomic E-state index is -0.833. The first-order valence-electron chi connectivity index (χ1n) is 9.00. The van der Waals surface area contributed by atoms with E-state index in [-0.39, 0.29) is 28.4 Å². The van der Waals surface area contributed by atoms with Crippen molar-refractivity contribution in [1.29, 1.82) is 0 Å². The van der Waals surface area contributed by atoms with Gasteiger partial charge in [-0.1, -0.05) is 54.6 Å². The third-order valence-electron chi connectivity index (χ3n) is 5.17. The monoisotopic (exact) mass is 373 g/mol. The molecule has 0 saturated carbocycles. The van der Waals surface area contributed by atoms with Crippen molar-refractivity contribution >= 4 is 11.6 Å². The summed E-state index contributed by atoms with van der Waals surface area (Å²) in [6.07, 6.45) is 0.354. The predicted octanol–water partition coefficient (Wildman–Crippen LogP) is 2.91. The Hall–Kier alpha value is -3.44. The molecule has 0 amide bonds. The zero-order chi connectivity index (χ0) is 19.8. The highest BCUT2D eigenvalue weighted by Crippen LogP contribution is 2.43. The second kappa shape index (κ2) is 6.94. The Kier molecular flexibility index (Phi) is 4.45. The van der Waals surface area contributed by atoms with Crippen LogP contribution in [0, 0.1) is 0 Å². The van der Waals surface area contributed by atoms with Crippen LogP contribution in [0.3, 0.4) is 0 Å². The van der Waals surface area contributed by atoms with E-state index in [1.165, 1.54) is 12.1 Å². The van der Waals surface area contributed by atoms with Crippen LogP contribution in [0.2, 0.25) is 0 Å². The minimum Gasteiger partial charge on any atom is -0.507 e. The summed E-state index contributed by atoms with van der Waals surface area (Å²) in [5, 5.41) is 20.5. The molecular weight excluding hydrogens is 354 g/mol. The smallest absolute Gasteiger partial charge is 0.201 e. The summed E-state index contributed by atoms with van der Waals surface area (Å²) in [6.45, 7) is 0. The van der Waals surface area contributed by atoms with E-state index in [0.29, 0.717) is 17.5 Å². The van der Waals surface area contributed by atoms with Crippen molar-refractivity contribution in [2.75, 3.05) is 0 Å². The molecule has 0 saturated heterocycles. The fourth-order valence-electron chi connectivity index (χ4n) is 3.87. The number of hydrogen-bond donors (Lipinski definition) is 3. The van der Waals surface area contributed by atoms with Crippen LogP contribution in [-0.2, 0) is 11.2 Å². The molecule has 1 unspecified atom stereocenters. The minimum absolute atomic E-state index is 0.0433. The number of rotatable bonds is 4. The maximum atomic E-state index is 13.4. The van der Waals surface area contributed by atoms with Crippen LogP contribution in [0.1, 0.15) is 38.5 Å². The van der Waals surface area contributed by atoms with E-state index < -0.39 is 17.7 Å². The van der Waals surface area contributed by atoms with Crippen molar-refractivity contribution in [3.63, 3.8) is 0 Å². The highest BCUT2D eigenvalue weighted by molar-refractivity contribution is 6.18. The molecule has 3 aromatic carbocycles. The fraction of sp³-hybridized carbons (Fsp3) is 0.130. The number of Topliss-reactive ketones (excluding diaryl/α,β-unsaturated/α-hetero) is 1. The number of hydrogen-bond acceptors (Lipinski definition) is 5. The molecule has 5 heteroatoms. The van der Waals surface area contributed by atoms with Gasteiger partial charge in [0.2, 0.25) is 5.78 Å². The highest BCUT2D eigenvalue weighted by atomic mass is 16.3. The normalized spacial score (nSPS) is 14.2. The molecule has 1 aliphatic carbocycles. The molecule has 4 rings (SSSR count). The SMILES string of the molecule is NC(Cc1ccccc1)C(=O)C1c2cccc(O)c2C(=O)c2c(O)cccc21. The summed E-state index contributed by atoms with van der Waals surface area (Å²) in [4.78, 5) is 26.3. The maximum absolute atomic E-state index is 13.4. The van der Waals surface area contributed by atoms with Gasteiger partial charge in [-0.2, -0.15) is 0 Å². The fourth-order valence-corrected chi connectivity index (χ4v) is 3.87. The number of carbonyl (C=O) groups is 2. The van der Waals surface area contributed by atoms with Crippen molar-refractivity contribution < 1.29 is 19.8 Å². The maximum Gasteiger partial charge on any atom is 0.201 e. The molecule has 0 heterocycles. The molecule has 1 atom stereocenters. The Morgan fingerprint density at radius 2 is 1.39 bits per heavy atom.